The molecule has 0 aromatic heterocycles. The summed E-state index contributed by atoms with van der Waals surface area (Å²) < 4.78 is 5.56. The van der Waals surface area contributed by atoms with E-state index < -0.39 is 6.03 Å². The minimum Gasteiger partial charge on any atom is -0.494 e. The van der Waals surface area contributed by atoms with Crippen molar-refractivity contribution < 1.29 is 14.3 Å². The standard InChI is InChI=1S/C15H22ClN3O3/c1-3-17-15(21)18-14(20)11-19(2)9-4-10-22-13-7-5-12(16)6-8-13/h5-8H,3-4,9-11H2,1-2H3,(H2,17,18,20,21). The Labute approximate surface area is 135 Å². The molecule has 1 aromatic rings. The molecular formula is C15H22ClN3O3. The molecule has 0 unspecified atom stereocenters. The highest BCUT2D eigenvalue weighted by Crippen LogP contribution is 2.15. The molecule has 22 heavy (non-hydrogen) atoms. The second-order valence-electron chi connectivity index (χ2n) is 4.80. The number of rotatable bonds is 8. The second kappa shape index (κ2) is 10.0. The number of urea groups is 1. The van der Waals surface area contributed by atoms with Crippen molar-refractivity contribution >= 4 is 23.5 Å². The zero-order chi connectivity index (χ0) is 16.4. The fourth-order valence-corrected chi connectivity index (χ4v) is 1.88. The normalized spacial score (nSPS) is 10.4. The van der Waals surface area contributed by atoms with E-state index in [9.17, 15) is 9.59 Å². The van der Waals surface area contributed by atoms with E-state index in [2.05, 4.69) is 10.6 Å². The van der Waals surface area contributed by atoms with Crippen molar-refractivity contribution in [3.05, 3.63) is 29.3 Å². The molecule has 0 bridgehead atoms. The van der Waals surface area contributed by atoms with E-state index in [0.29, 0.717) is 24.7 Å². The highest BCUT2D eigenvalue weighted by molar-refractivity contribution is 6.30. The predicted octanol–water partition coefficient (Wildman–Crippen LogP) is 1.89. The maximum Gasteiger partial charge on any atom is 0.321 e. The topological polar surface area (TPSA) is 70.7 Å². The fraction of sp³-hybridized carbons (Fsp3) is 0.467. The maximum atomic E-state index is 11.6. The summed E-state index contributed by atoms with van der Waals surface area (Å²) in [5.74, 6) is 0.438. The van der Waals surface area contributed by atoms with E-state index in [-0.39, 0.29) is 12.5 Å². The number of likely N-dealkylation sites (N-methyl/N-ethyl adjacent to an activating group) is 1. The van der Waals surface area contributed by atoms with E-state index >= 15 is 0 Å². The van der Waals surface area contributed by atoms with Gasteiger partial charge in [-0.1, -0.05) is 11.6 Å². The number of hydrogen-bond acceptors (Lipinski definition) is 4. The number of benzene rings is 1. The zero-order valence-electron chi connectivity index (χ0n) is 12.9. The first-order valence-electron chi connectivity index (χ1n) is 7.16. The van der Waals surface area contributed by atoms with Gasteiger partial charge in [-0.25, -0.2) is 4.79 Å². The molecule has 0 heterocycles. The van der Waals surface area contributed by atoms with Gasteiger partial charge in [0.1, 0.15) is 5.75 Å². The Bertz CT molecular complexity index is 479. The van der Waals surface area contributed by atoms with Crippen LogP contribution in [0, 0.1) is 0 Å². The van der Waals surface area contributed by atoms with Crippen molar-refractivity contribution in [3.63, 3.8) is 0 Å². The van der Waals surface area contributed by atoms with Crippen molar-refractivity contribution in [2.75, 3.05) is 33.3 Å². The van der Waals surface area contributed by atoms with Crippen molar-refractivity contribution in [1.82, 2.24) is 15.5 Å². The lowest BCUT2D eigenvalue weighted by molar-refractivity contribution is -0.120. The van der Waals surface area contributed by atoms with Crippen LogP contribution in [0.4, 0.5) is 4.79 Å². The van der Waals surface area contributed by atoms with Crippen molar-refractivity contribution in [1.29, 1.82) is 0 Å². The average Bonchev–Trinajstić information content (AvgIpc) is 2.45. The van der Waals surface area contributed by atoms with E-state index in [1.807, 2.05) is 24.1 Å². The summed E-state index contributed by atoms with van der Waals surface area (Å²) in [6.07, 6.45) is 0.771. The van der Waals surface area contributed by atoms with Gasteiger partial charge in [0, 0.05) is 18.1 Å². The summed E-state index contributed by atoms with van der Waals surface area (Å²) in [7, 11) is 1.82. The SMILES string of the molecule is CCNC(=O)NC(=O)CN(C)CCCOc1ccc(Cl)cc1. The van der Waals surface area contributed by atoms with Gasteiger partial charge < -0.3 is 10.1 Å². The third kappa shape index (κ3) is 7.85. The number of carbonyl (C=O) groups excluding carboxylic acids is 2. The number of amides is 3. The van der Waals surface area contributed by atoms with E-state index in [1.54, 1.807) is 19.1 Å². The van der Waals surface area contributed by atoms with Crippen LogP contribution in [-0.4, -0.2) is 50.1 Å². The molecule has 1 rings (SSSR count). The van der Waals surface area contributed by atoms with Gasteiger partial charge in [-0.2, -0.15) is 0 Å². The minimum atomic E-state index is -0.466. The predicted molar refractivity (Wildman–Crippen MR) is 86.3 cm³/mol. The van der Waals surface area contributed by atoms with Crippen LogP contribution in [0.2, 0.25) is 5.02 Å². The first-order valence-corrected chi connectivity index (χ1v) is 7.53. The molecule has 3 amide bonds. The Morgan fingerprint density at radius 2 is 1.95 bits per heavy atom. The van der Waals surface area contributed by atoms with Gasteiger partial charge in [-0.05, 0) is 44.7 Å². The van der Waals surface area contributed by atoms with Crippen LogP contribution in [0.25, 0.3) is 0 Å². The van der Waals surface area contributed by atoms with Gasteiger partial charge in [0.05, 0.1) is 13.2 Å². The number of ether oxygens (including phenoxy) is 1. The lowest BCUT2D eigenvalue weighted by Crippen LogP contribution is -2.43. The number of halogens is 1. The van der Waals surface area contributed by atoms with E-state index in [0.717, 1.165) is 12.2 Å². The van der Waals surface area contributed by atoms with Crippen LogP contribution >= 0.6 is 11.6 Å². The van der Waals surface area contributed by atoms with E-state index in [1.165, 1.54) is 0 Å². The van der Waals surface area contributed by atoms with Crippen LogP contribution in [0.15, 0.2) is 24.3 Å². The number of nitrogens with zero attached hydrogens (tertiary/aromatic N) is 1. The van der Waals surface area contributed by atoms with Gasteiger partial charge in [0.2, 0.25) is 5.91 Å². The van der Waals surface area contributed by atoms with Crippen LogP contribution in [0.1, 0.15) is 13.3 Å². The molecule has 122 valence electrons. The molecule has 0 atom stereocenters. The summed E-state index contributed by atoms with van der Waals surface area (Å²) >= 11 is 5.79. The van der Waals surface area contributed by atoms with Crippen LogP contribution in [-0.2, 0) is 4.79 Å². The maximum absolute atomic E-state index is 11.6. The lowest BCUT2D eigenvalue weighted by Gasteiger charge is -2.16. The molecule has 7 heteroatoms. The molecule has 0 saturated heterocycles. The molecule has 0 spiro atoms. The average molecular weight is 328 g/mol. The molecule has 2 N–H and O–H groups in total. The second-order valence-corrected chi connectivity index (χ2v) is 5.24. The highest BCUT2D eigenvalue weighted by Gasteiger charge is 2.09. The molecule has 6 nitrogen and oxygen atoms in total. The smallest absolute Gasteiger partial charge is 0.321 e. The number of carbonyl (C=O) groups is 2. The third-order valence-electron chi connectivity index (χ3n) is 2.77. The molecule has 0 saturated carbocycles. The minimum absolute atomic E-state index is 0.165. The Kier molecular flexibility index (Phi) is 8.32. The third-order valence-corrected chi connectivity index (χ3v) is 3.02. The quantitative estimate of drug-likeness (QED) is 0.715. The van der Waals surface area contributed by atoms with Crippen molar-refractivity contribution in [3.8, 4) is 5.75 Å². The summed E-state index contributed by atoms with van der Waals surface area (Å²) in [4.78, 5) is 24.6. The number of imide groups is 1. The molecule has 0 fully saturated rings. The van der Waals surface area contributed by atoms with Gasteiger partial charge in [-0.3, -0.25) is 15.0 Å². The Balaban J connectivity index is 2.15. The zero-order valence-corrected chi connectivity index (χ0v) is 13.7. The summed E-state index contributed by atoms with van der Waals surface area (Å²) in [6, 6.07) is 6.70. The van der Waals surface area contributed by atoms with Gasteiger partial charge in [0.15, 0.2) is 0 Å². The Morgan fingerprint density at radius 3 is 2.59 bits per heavy atom. The highest BCUT2D eigenvalue weighted by atomic mass is 35.5. The van der Waals surface area contributed by atoms with Crippen molar-refractivity contribution in [2.45, 2.75) is 13.3 Å². The molecule has 0 aliphatic carbocycles. The van der Waals surface area contributed by atoms with Crippen molar-refractivity contribution in [2.24, 2.45) is 0 Å². The van der Waals surface area contributed by atoms with Crippen LogP contribution in [0.5, 0.6) is 5.75 Å². The molecule has 0 radical (unpaired) electrons. The first kappa shape index (κ1) is 18.3. The van der Waals surface area contributed by atoms with Gasteiger partial charge in [0.25, 0.3) is 0 Å². The summed E-state index contributed by atoms with van der Waals surface area (Å²) in [6.45, 7) is 3.67. The lowest BCUT2D eigenvalue weighted by atomic mass is 10.3. The number of nitrogens with one attached hydrogen (secondary N) is 2. The Hall–Kier alpha value is -1.79. The molecule has 0 aliphatic heterocycles. The van der Waals surface area contributed by atoms with E-state index in [4.69, 9.17) is 16.3 Å². The summed E-state index contributed by atoms with van der Waals surface area (Å²) in [5.41, 5.74) is 0. The van der Waals surface area contributed by atoms with Crippen LogP contribution < -0.4 is 15.4 Å². The first-order chi connectivity index (χ1) is 10.5. The van der Waals surface area contributed by atoms with Gasteiger partial charge >= 0.3 is 6.03 Å². The molecule has 0 aliphatic rings. The van der Waals surface area contributed by atoms with Crippen LogP contribution in [0.3, 0.4) is 0 Å². The Morgan fingerprint density at radius 1 is 1.27 bits per heavy atom. The number of hydrogen-bond donors (Lipinski definition) is 2. The molecular weight excluding hydrogens is 306 g/mol. The fourth-order valence-electron chi connectivity index (χ4n) is 1.75. The monoisotopic (exact) mass is 327 g/mol. The summed E-state index contributed by atoms with van der Waals surface area (Å²) in [5, 5.41) is 5.44. The largest absolute Gasteiger partial charge is 0.494 e. The van der Waals surface area contributed by atoms with Gasteiger partial charge in [-0.15, -0.1) is 0 Å². The molecule has 1 aromatic carbocycles.